The molecule has 3 N–H and O–H groups in total. The molecule has 0 bridgehead atoms. The van der Waals surface area contributed by atoms with Gasteiger partial charge in [-0.25, -0.2) is 4.79 Å². The molecule has 7 heteroatoms. The summed E-state index contributed by atoms with van der Waals surface area (Å²) >= 11 is 1.14. The Balaban J connectivity index is 1.66. The highest BCUT2D eigenvalue weighted by molar-refractivity contribution is 7.11. The average Bonchev–Trinajstić information content (AvgIpc) is 3.07. The van der Waals surface area contributed by atoms with E-state index in [-0.39, 0.29) is 17.5 Å². The van der Waals surface area contributed by atoms with Crippen molar-refractivity contribution in [3.05, 3.63) is 35.4 Å². The quantitative estimate of drug-likeness (QED) is 0.839. The normalized spacial score (nSPS) is 16.1. The third kappa shape index (κ3) is 2.64. The first-order valence-electron chi connectivity index (χ1n) is 6.51. The van der Waals surface area contributed by atoms with Crippen molar-refractivity contribution < 1.29 is 14.3 Å². The first-order chi connectivity index (χ1) is 10.2. The lowest BCUT2D eigenvalue weighted by molar-refractivity contribution is 0.0603. The molecule has 21 heavy (non-hydrogen) atoms. The van der Waals surface area contributed by atoms with Gasteiger partial charge >= 0.3 is 5.97 Å². The summed E-state index contributed by atoms with van der Waals surface area (Å²) in [7, 11) is 1.32. The second-order valence-electron chi connectivity index (χ2n) is 4.70. The monoisotopic (exact) mass is 305 g/mol. The van der Waals surface area contributed by atoms with Crippen molar-refractivity contribution in [2.24, 2.45) is 0 Å². The van der Waals surface area contributed by atoms with Gasteiger partial charge < -0.3 is 20.5 Å². The van der Waals surface area contributed by atoms with Crippen LogP contribution in [-0.2, 0) is 11.2 Å². The maximum Gasteiger partial charge on any atom is 0.344 e. The zero-order valence-electron chi connectivity index (χ0n) is 11.5. The van der Waals surface area contributed by atoms with Gasteiger partial charge in [-0.05, 0) is 23.2 Å². The van der Waals surface area contributed by atoms with Crippen LogP contribution in [0.3, 0.4) is 0 Å². The van der Waals surface area contributed by atoms with Gasteiger partial charge in [-0.3, -0.25) is 0 Å². The Kier molecular flexibility index (Phi) is 3.66. The van der Waals surface area contributed by atoms with E-state index in [1.165, 1.54) is 12.7 Å². The van der Waals surface area contributed by atoms with Crippen LogP contribution in [0, 0.1) is 0 Å². The van der Waals surface area contributed by atoms with Gasteiger partial charge in [-0.15, -0.1) is 0 Å². The molecule has 2 heterocycles. The summed E-state index contributed by atoms with van der Waals surface area (Å²) in [5.74, 6) is 0.616. The number of nitrogen functional groups attached to an aromatic ring is 1. The van der Waals surface area contributed by atoms with E-state index in [1.54, 1.807) is 0 Å². The lowest BCUT2D eigenvalue weighted by atomic mass is 10.1. The molecule has 110 valence electrons. The molecule has 2 aromatic rings. The number of benzene rings is 1. The minimum absolute atomic E-state index is 0.0243. The maximum absolute atomic E-state index is 11.7. The second-order valence-corrected chi connectivity index (χ2v) is 5.47. The number of aromatic nitrogens is 1. The summed E-state index contributed by atoms with van der Waals surface area (Å²) in [6, 6.07) is 7.96. The predicted octanol–water partition coefficient (Wildman–Crippen LogP) is 1.93. The summed E-state index contributed by atoms with van der Waals surface area (Å²) in [6.07, 6.45) is 0.863. The molecule has 1 aliphatic heterocycles. The molecule has 3 rings (SSSR count). The molecular formula is C14H15N3O3S. The van der Waals surface area contributed by atoms with Crippen LogP contribution in [-0.4, -0.2) is 30.1 Å². The SMILES string of the molecule is COC(=O)c1c(N)nsc1NCC1Cc2ccccc2O1. The summed E-state index contributed by atoms with van der Waals surface area (Å²) in [5.41, 5.74) is 7.18. The van der Waals surface area contributed by atoms with Gasteiger partial charge in [0, 0.05) is 6.42 Å². The Morgan fingerprint density at radius 1 is 1.57 bits per heavy atom. The maximum atomic E-state index is 11.7. The number of nitrogens with one attached hydrogen (secondary N) is 1. The Labute approximate surface area is 126 Å². The average molecular weight is 305 g/mol. The molecular weight excluding hydrogens is 290 g/mol. The Bertz CT molecular complexity index is 646. The topological polar surface area (TPSA) is 86.5 Å². The molecule has 0 aliphatic carbocycles. The van der Waals surface area contributed by atoms with Crippen molar-refractivity contribution in [3.8, 4) is 5.75 Å². The van der Waals surface area contributed by atoms with Crippen LogP contribution in [0.5, 0.6) is 5.75 Å². The molecule has 0 saturated carbocycles. The Morgan fingerprint density at radius 3 is 3.14 bits per heavy atom. The van der Waals surface area contributed by atoms with Crippen molar-refractivity contribution >= 4 is 28.3 Å². The molecule has 0 spiro atoms. The second kappa shape index (κ2) is 5.61. The third-order valence-electron chi connectivity index (χ3n) is 3.31. The third-order valence-corrected chi connectivity index (χ3v) is 4.13. The van der Waals surface area contributed by atoms with Gasteiger partial charge in [0.25, 0.3) is 0 Å². The van der Waals surface area contributed by atoms with Gasteiger partial charge in [0.1, 0.15) is 22.4 Å². The van der Waals surface area contributed by atoms with E-state index in [4.69, 9.17) is 15.2 Å². The molecule has 1 aromatic heterocycles. The molecule has 1 unspecified atom stereocenters. The molecule has 0 saturated heterocycles. The van der Waals surface area contributed by atoms with E-state index in [2.05, 4.69) is 15.8 Å². The number of carbonyl (C=O) groups is 1. The highest BCUT2D eigenvalue weighted by Gasteiger charge is 2.24. The van der Waals surface area contributed by atoms with Crippen LogP contribution in [0.1, 0.15) is 15.9 Å². The molecule has 6 nitrogen and oxygen atoms in total. The van der Waals surface area contributed by atoms with Crippen molar-refractivity contribution in [1.29, 1.82) is 0 Å². The summed E-state index contributed by atoms with van der Waals surface area (Å²) < 4.78 is 14.5. The number of hydrogen-bond donors (Lipinski definition) is 2. The van der Waals surface area contributed by atoms with Crippen LogP contribution >= 0.6 is 11.5 Å². The van der Waals surface area contributed by atoms with E-state index in [9.17, 15) is 4.79 Å². The molecule has 0 amide bonds. The molecule has 1 aliphatic rings. The minimum Gasteiger partial charge on any atom is -0.488 e. The van der Waals surface area contributed by atoms with Crippen molar-refractivity contribution in [1.82, 2.24) is 4.37 Å². The number of rotatable bonds is 4. The van der Waals surface area contributed by atoms with Crippen LogP contribution in [0.25, 0.3) is 0 Å². The molecule has 0 radical (unpaired) electrons. The first kappa shape index (κ1) is 13.7. The zero-order valence-corrected chi connectivity index (χ0v) is 12.3. The molecule has 1 aromatic carbocycles. The van der Waals surface area contributed by atoms with E-state index in [0.29, 0.717) is 11.5 Å². The van der Waals surface area contributed by atoms with Gasteiger partial charge in [-0.2, -0.15) is 4.37 Å². The number of para-hydroxylation sites is 1. The van der Waals surface area contributed by atoms with E-state index in [1.807, 2.05) is 18.2 Å². The lowest BCUT2D eigenvalue weighted by Crippen LogP contribution is -2.24. The molecule has 1 atom stereocenters. The van der Waals surface area contributed by atoms with E-state index in [0.717, 1.165) is 23.7 Å². The highest BCUT2D eigenvalue weighted by Crippen LogP contribution is 2.30. The zero-order chi connectivity index (χ0) is 14.8. The van der Waals surface area contributed by atoms with Crippen LogP contribution in [0.15, 0.2) is 24.3 Å². The number of anilines is 2. The fraction of sp³-hybridized carbons (Fsp3) is 0.286. The smallest absolute Gasteiger partial charge is 0.344 e. The summed E-state index contributed by atoms with van der Waals surface area (Å²) in [6.45, 7) is 0.570. The Morgan fingerprint density at radius 2 is 2.38 bits per heavy atom. The van der Waals surface area contributed by atoms with Crippen molar-refractivity contribution in [2.45, 2.75) is 12.5 Å². The Hall–Kier alpha value is -2.28. The number of methoxy groups -OCH3 is 1. The number of fused-ring (bicyclic) bond motifs is 1. The number of hydrogen-bond acceptors (Lipinski definition) is 7. The molecule has 0 fully saturated rings. The van der Waals surface area contributed by atoms with Gasteiger partial charge in [0.2, 0.25) is 0 Å². The largest absolute Gasteiger partial charge is 0.488 e. The van der Waals surface area contributed by atoms with Crippen molar-refractivity contribution in [3.63, 3.8) is 0 Å². The fourth-order valence-corrected chi connectivity index (χ4v) is 3.00. The van der Waals surface area contributed by atoms with Crippen LogP contribution in [0.4, 0.5) is 10.8 Å². The highest BCUT2D eigenvalue weighted by atomic mass is 32.1. The number of nitrogens with two attached hydrogens (primary N) is 1. The summed E-state index contributed by atoms with van der Waals surface area (Å²) in [4.78, 5) is 11.7. The van der Waals surface area contributed by atoms with Crippen LogP contribution < -0.4 is 15.8 Å². The number of carbonyl (C=O) groups excluding carboxylic acids is 1. The standard InChI is InChI=1S/C14H15N3O3S/c1-19-14(18)11-12(15)17-21-13(11)16-7-9-6-8-4-2-3-5-10(8)20-9/h2-5,9,16H,6-7H2,1H3,(H2,15,17). The van der Waals surface area contributed by atoms with Gasteiger partial charge in [0.15, 0.2) is 5.82 Å². The first-order valence-corrected chi connectivity index (χ1v) is 7.28. The van der Waals surface area contributed by atoms with E-state index >= 15 is 0 Å². The summed E-state index contributed by atoms with van der Waals surface area (Å²) in [5, 5.41) is 3.79. The van der Waals surface area contributed by atoms with Crippen LogP contribution in [0.2, 0.25) is 0 Å². The van der Waals surface area contributed by atoms with Gasteiger partial charge in [0.05, 0.1) is 13.7 Å². The number of esters is 1. The predicted molar refractivity (Wildman–Crippen MR) is 80.9 cm³/mol. The van der Waals surface area contributed by atoms with Crippen molar-refractivity contribution in [2.75, 3.05) is 24.7 Å². The number of ether oxygens (including phenoxy) is 2. The number of nitrogens with zero attached hydrogens (tertiary/aromatic N) is 1. The fourth-order valence-electron chi connectivity index (χ4n) is 2.30. The minimum atomic E-state index is -0.487. The van der Waals surface area contributed by atoms with Gasteiger partial charge in [-0.1, -0.05) is 18.2 Å². The lowest BCUT2D eigenvalue weighted by Gasteiger charge is -2.12. The van der Waals surface area contributed by atoms with E-state index < -0.39 is 5.97 Å².